The number of amides is 2. The van der Waals surface area contributed by atoms with Crippen molar-refractivity contribution in [2.24, 2.45) is 5.73 Å². The summed E-state index contributed by atoms with van der Waals surface area (Å²) in [5.41, 5.74) is 8.97. The molecule has 0 radical (unpaired) electrons. The normalized spacial score (nSPS) is 11.6. The molecule has 0 aliphatic carbocycles. The highest BCUT2D eigenvalue weighted by Gasteiger charge is 2.18. The Kier molecular flexibility index (Phi) is 5.50. The number of hydrogen-bond acceptors (Lipinski definition) is 2. The Bertz CT molecular complexity index is 523. The molecule has 0 aliphatic heterocycles. The minimum Gasteiger partial charge on any atom is -0.368 e. The second-order valence-corrected chi connectivity index (χ2v) is 5.32. The molecule has 108 valence electrons. The number of benzene rings is 1. The Hall–Kier alpha value is -2.10. The average Bonchev–Trinajstić information content (AvgIpc) is 2.32. The standard InChI is InChI=1S/C16H22N2O2/c1-10(2)5-6-14(15(17)19)18-16(20)13-8-11(3)7-12(4)9-13/h5,7-9,14H,6H2,1-4H3,(H2,17,19)(H,18,20)/t14-/m0/s1. The molecule has 0 fully saturated rings. The van der Waals surface area contributed by atoms with Gasteiger partial charge in [-0.2, -0.15) is 0 Å². The van der Waals surface area contributed by atoms with Gasteiger partial charge in [-0.05, 0) is 46.2 Å². The van der Waals surface area contributed by atoms with E-state index in [4.69, 9.17) is 5.73 Å². The first-order chi connectivity index (χ1) is 9.29. The lowest BCUT2D eigenvalue weighted by Crippen LogP contribution is -2.44. The third kappa shape index (κ3) is 4.88. The molecule has 0 unspecified atom stereocenters. The minimum atomic E-state index is -0.682. The van der Waals surface area contributed by atoms with Crippen molar-refractivity contribution in [1.29, 1.82) is 0 Å². The van der Waals surface area contributed by atoms with Crippen molar-refractivity contribution in [1.82, 2.24) is 5.32 Å². The lowest BCUT2D eigenvalue weighted by atomic mass is 10.1. The van der Waals surface area contributed by atoms with Gasteiger partial charge >= 0.3 is 0 Å². The molecule has 0 aromatic heterocycles. The zero-order valence-electron chi connectivity index (χ0n) is 12.5. The van der Waals surface area contributed by atoms with Crippen molar-refractivity contribution in [3.63, 3.8) is 0 Å². The molecule has 2 amide bonds. The summed E-state index contributed by atoms with van der Waals surface area (Å²) in [6.45, 7) is 7.73. The summed E-state index contributed by atoms with van der Waals surface area (Å²) >= 11 is 0. The number of carbonyl (C=O) groups is 2. The molecule has 1 atom stereocenters. The summed E-state index contributed by atoms with van der Waals surface area (Å²) in [6.07, 6.45) is 2.30. The Morgan fingerprint density at radius 1 is 1.20 bits per heavy atom. The highest BCUT2D eigenvalue weighted by atomic mass is 16.2. The first-order valence-corrected chi connectivity index (χ1v) is 6.61. The highest BCUT2D eigenvalue weighted by molar-refractivity contribution is 5.97. The molecule has 1 aromatic carbocycles. The highest BCUT2D eigenvalue weighted by Crippen LogP contribution is 2.09. The monoisotopic (exact) mass is 274 g/mol. The number of nitrogens with one attached hydrogen (secondary N) is 1. The molecule has 1 rings (SSSR count). The second kappa shape index (κ2) is 6.89. The number of carbonyl (C=O) groups excluding carboxylic acids is 2. The zero-order valence-corrected chi connectivity index (χ0v) is 12.5. The number of aryl methyl sites for hydroxylation is 2. The van der Waals surface area contributed by atoms with Crippen LogP contribution in [0.25, 0.3) is 0 Å². The molecule has 1 aromatic rings. The van der Waals surface area contributed by atoms with Crippen LogP contribution >= 0.6 is 0 Å². The largest absolute Gasteiger partial charge is 0.368 e. The van der Waals surface area contributed by atoms with Crippen molar-refractivity contribution in [3.8, 4) is 0 Å². The van der Waals surface area contributed by atoms with E-state index < -0.39 is 11.9 Å². The number of nitrogens with two attached hydrogens (primary N) is 1. The van der Waals surface area contributed by atoms with Crippen LogP contribution in [0.3, 0.4) is 0 Å². The molecular formula is C16H22N2O2. The molecule has 0 aliphatic rings. The van der Waals surface area contributed by atoms with Gasteiger partial charge in [-0.3, -0.25) is 9.59 Å². The van der Waals surface area contributed by atoms with E-state index in [1.807, 2.05) is 39.8 Å². The van der Waals surface area contributed by atoms with E-state index in [2.05, 4.69) is 5.32 Å². The quantitative estimate of drug-likeness (QED) is 0.808. The number of primary amides is 1. The zero-order chi connectivity index (χ0) is 15.3. The van der Waals surface area contributed by atoms with Crippen LogP contribution in [0.15, 0.2) is 29.8 Å². The first-order valence-electron chi connectivity index (χ1n) is 6.61. The Morgan fingerprint density at radius 3 is 2.20 bits per heavy atom. The predicted molar refractivity (Wildman–Crippen MR) is 80.4 cm³/mol. The van der Waals surface area contributed by atoms with Crippen molar-refractivity contribution in [2.75, 3.05) is 0 Å². The fourth-order valence-corrected chi connectivity index (χ4v) is 1.95. The Morgan fingerprint density at radius 2 is 1.75 bits per heavy atom. The predicted octanol–water partition coefficient (Wildman–Crippen LogP) is 2.24. The van der Waals surface area contributed by atoms with Crippen LogP contribution in [0.2, 0.25) is 0 Å². The van der Waals surface area contributed by atoms with E-state index in [0.29, 0.717) is 12.0 Å². The summed E-state index contributed by atoms with van der Waals surface area (Å²) in [6, 6.07) is 4.90. The van der Waals surface area contributed by atoms with Crippen molar-refractivity contribution >= 4 is 11.8 Å². The molecule has 20 heavy (non-hydrogen) atoms. The maximum Gasteiger partial charge on any atom is 0.251 e. The smallest absolute Gasteiger partial charge is 0.251 e. The van der Waals surface area contributed by atoms with Gasteiger partial charge in [0.1, 0.15) is 6.04 Å². The first kappa shape index (κ1) is 16.0. The van der Waals surface area contributed by atoms with Crippen LogP contribution in [0.4, 0.5) is 0 Å². The van der Waals surface area contributed by atoms with Crippen LogP contribution in [-0.2, 0) is 4.79 Å². The summed E-state index contributed by atoms with van der Waals surface area (Å²) in [5.74, 6) is -0.803. The maximum atomic E-state index is 12.2. The van der Waals surface area contributed by atoms with E-state index in [9.17, 15) is 9.59 Å². The minimum absolute atomic E-state index is 0.275. The van der Waals surface area contributed by atoms with Crippen molar-refractivity contribution in [2.45, 2.75) is 40.2 Å². The average molecular weight is 274 g/mol. The number of allylic oxidation sites excluding steroid dienone is 1. The SMILES string of the molecule is CC(C)=CC[C@H](NC(=O)c1cc(C)cc(C)c1)C(N)=O. The van der Waals surface area contributed by atoms with Gasteiger partial charge in [0, 0.05) is 5.56 Å². The summed E-state index contributed by atoms with van der Waals surface area (Å²) in [4.78, 5) is 23.6. The van der Waals surface area contributed by atoms with Crippen LogP contribution in [0.1, 0.15) is 41.8 Å². The molecule has 0 saturated carbocycles. The third-order valence-corrected chi connectivity index (χ3v) is 2.89. The van der Waals surface area contributed by atoms with E-state index in [1.165, 1.54) is 0 Å². The van der Waals surface area contributed by atoms with Gasteiger partial charge in [0.25, 0.3) is 5.91 Å². The maximum absolute atomic E-state index is 12.2. The van der Waals surface area contributed by atoms with Crippen LogP contribution in [0.5, 0.6) is 0 Å². The van der Waals surface area contributed by atoms with E-state index in [0.717, 1.165) is 16.7 Å². The lowest BCUT2D eigenvalue weighted by molar-refractivity contribution is -0.119. The third-order valence-electron chi connectivity index (χ3n) is 2.89. The molecule has 3 N–H and O–H groups in total. The molecular weight excluding hydrogens is 252 g/mol. The Balaban J connectivity index is 2.85. The summed E-state index contributed by atoms with van der Waals surface area (Å²) in [5, 5.41) is 2.68. The van der Waals surface area contributed by atoms with Gasteiger partial charge < -0.3 is 11.1 Å². The summed E-state index contributed by atoms with van der Waals surface area (Å²) in [7, 11) is 0. The Labute approximate surface area is 120 Å². The van der Waals surface area contributed by atoms with E-state index in [-0.39, 0.29) is 5.91 Å². The van der Waals surface area contributed by atoms with Gasteiger partial charge in [0.15, 0.2) is 0 Å². The molecule has 0 spiro atoms. The van der Waals surface area contributed by atoms with Gasteiger partial charge in [-0.15, -0.1) is 0 Å². The second-order valence-electron chi connectivity index (χ2n) is 5.32. The molecule has 4 nitrogen and oxygen atoms in total. The fraction of sp³-hybridized carbons (Fsp3) is 0.375. The van der Waals surface area contributed by atoms with Crippen molar-refractivity contribution in [3.05, 3.63) is 46.5 Å². The molecule has 4 heteroatoms. The lowest BCUT2D eigenvalue weighted by Gasteiger charge is -2.14. The van der Waals surface area contributed by atoms with E-state index in [1.54, 1.807) is 12.1 Å². The van der Waals surface area contributed by atoms with Crippen LogP contribution in [0, 0.1) is 13.8 Å². The van der Waals surface area contributed by atoms with Crippen LogP contribution < -0.4 is 11.1 Å². The summed E-state index contributed by atoms with van der Waals surface area (Å²) < 4.78 is 0. The molecule has 0 bridgehead atoms. The topological polar surface area (TPSA) is 72.2 Å². The van der Waals surface area contributed by atoms with Gasteiger partial charge in [0.2, 0.25) is 5.91 Å². The fourth-order valence-electron chi connectivity index (χ4n) is 1.95. The van der Waals surface area contributed by atoms with Crippen LogP contribution in [-0.4, -0.2) is 17.9 Å². The number of hydrogen-bond donors (Lipinski definition) is 2. The van der Waals surface area contributed by atoms with E-state index >= 15 is 0 Å². The number of rotatable bonds is 5. The van der Waals surface area contributed by atoms with Gasteiger partial charge in [-0.1, -0.05) is 28.8 Å². The molecule has 0 heterocycles. The van der Waals surface area contributed by atoms with Gasteiger partial charge in [-0.25, -0.2) is 0 Å². The molecule has 0 saturated heterocycles. The van der Waals surface area contributed by atoms with Crippen molar-refractivity contribution < 1.29 is 9.59 Å². The van der Waals surface area contributed by atoms with Gasteiger partial charge in [0.05, 0.1) is 0 Å².